The second-order valence-electron chi connectivity index (χ2n) is 7.11. The van der Waals surface area contributed by atoms with Crippen LogP contribution in [0.5, 0.6) is 0 Å². The molecule has 2 atom stereocenters. The summed E-state index contributed by atoms with van der Waals surface area (Å²) in [5.41, 5.74) is 3.38. The summed E-state index contributed by atoms with van der Waals surface area (Å²) in [7, 11) is 0. The Bertz CT molecular complexity index is 695. The quantitative estimate of drug-likeness (QED) is 0.546. The number of rotatable bonds is 9. The number of benzene rings is 2. The van der Waals surface area contributed by atoms with E-state index >= 15 is 0 Å². The molecule has 0 aliphatic rings. The fourth-order valence-corrected chi connectivity index (χ4v) is 2.86. The van der Waals surface area contributed by atoms with Gasteiger partial charge < -0.3 is 9.47 Å². The first-order valence-electron chi connectivity index (χ1n) is 10.0. The average molecular weight is 383 g/mol. The highest BCUT2D eigenvalue weighted by Gasteiger charge is 2.22. The predicted molar refractivity (Wildman–Crippen MR) is 111 cm³/mol. The van der Waals surface area contributed by atoms with E-state index in [0.717, 1.165) is 25.7 Å². The molecule has 0 amide bonds. The lowest BCUT2D eigenvalue weighted by molar-refractivity contribution is -0.0239. The van der Waals surface area contributed by atoms with Gasteiger partial charge in [-0.05, 0) is 62.1 Å². The maximum atomic E-state index is 12.3. The molecule has 2 aromatic carbocycles. The van der Waals surface area contributed by atoms with E-state index in [9.17, 15) is 9.59 Å². The van der Waals surface area contributed by atoms with Gasteiger partial charge in [0, 0.05) is 0 Å². The smallest absolute Gasteiger partial charge is 0.338 e. The Morgan fingerprint density at radius 2 is 1.00 bits per heavy atom. The van der Waals surface area contributed by atoms with Crippen LogP contribution >= 0.6 is 0 Å². The summed E-state index contributed by atoms with van der Waals surface area (Å²) in [6.07, 6.45) is 2.99. The number of carbonyl (C=O) groups is 2. The minimum atomic E-state index is -0.550. The van der Waals surface area contributed by atoms with E-state index in [1.807, 2.05) is 24.3 Å². The Morgan fingerprint density at radius 3 is 1.29 bits per heavy atom. The Morgan fingerprint density at radius 1 is 0.679 bits per heavy atom. The second-order valence-corrected chi connectivity index (χ2v) is 7.11. The first kappa shape index (κ1) is 21.7. The Labute approximate surface area is 167 Å². The molecular formula is C24H30O4. The van der Waals surface area contributed by atoms with Crippen LogP contribution in [0, 0.1) is 0 Å². The Kier molecular flexibility index (Phi) is 8.24. The van der Waals surface area contributed by atoms with Crippen molar-refractivity contribution in [1.29, 1.82) is 0 Å². The van der Waals surface area contributed by atoms with E-state index in [1.54, 1.807) is 38.1 Å². The first-order chi connectivity index (χ1) is 13.4. The van der Waals surface area contributed by atoms with Crippen LogP contribution in [-0.4, -0.2) is 24.1 Å². The molecule has 4 nitrogen and oxygen atoms in total. The maximum absolute atomic E-state index is 12.3. The number of hydrogen-bond donors (Lipinski definition) is 0. The molecule has 0 N–H and O–H groups in total. The van der Waals surface area contributed by atoms with Gasteiger partial charge in [-0.1, -0.05) is 51.0 Å². The molecule has 0 aliphatic heterocycles. The van der Waals surface area contributed by atoms with Gasteiger partial charge in [-0.3, -0.25) is 0 Å². The topological polar surface area (TPSA) is 52.6 Å². The molecule has 0 saturated heterocycles. The van der Waals surface area contributed by atoms with Crippen molar-refractivity contribution >= 4 is 11.9 Å². The van der Waals surface area contributed by atoms with Crippen molar-refractivity contribution in [1.82, 2.24) is 0 Å². The fraction of sp³-hybridized carbons (Fsp3) is 0.417. The standard InChI is InChI=1S/C24H30O4/c1-5-7-19-9-13-21(14-10-19)23(25)27-17(3)18(4)28-24(26)22-15-11-20(8-6-2)12-16-22/h9-18H,5-8H2,1-4H3. The van der Waals surface area contributed by atoms with Crippen LogP contribution in [0.2, 0.25) is 0 Å². The van der Waals surface area contributed by atoms with E-state index in [4.69, 9.17) is 9.47 Å². The zero-order valence-electron chi connectivity index (χ0n) is 17.2. The molecule has 150 valence electrons. The summed E-state index contributed by atoms with van der Waals surface area (Å²) >= 11 is 0. The van der Waals surface area contributed by atoms with E-state index < -0.39 is 24.1 Å². The van der Waals surface area contributed by atoms with Crippen LogP contribution in [0.25, 0.3) is 0 Å². The SMILES string of the molecule is CCCc1ccc(C(=O)OC(C)C(C)OC(=O)c2ccc(CCC)cc2)cc1. The lowest BCUT2D eigenvalue weighted by atomic mass is 10.1. The van der Waals surface area contributed by atoms with Gasteiger partial charge in [0.1, 0.15) is 12.2 Å². The third-order valence-corrected chi connectivity index (χ3v) is 4.70. The highest BCUT2D eigenvalue weighted by Crippen LogP contribution is 2.14. The summed E-state index contributed by atoms with van der Waals surface area (Å²) < 4.78 is 10.9. The van der Waals surface area contributed by atoms with Crippen LogP contribution in [0.4, 0.5) is 0 Å². The van der Waals surface area contributed by atoms with Crippen molar-refractivity contribution in [3.8, 4) is 0 Å². The van der Waals surface area contributed by atoms with Crippen molar-refractivity contribution in [3.63, 3.8) is 0 Å². The number of esters is 2. The van der Waals surface area contributed by atoms with E-state index in [2.05, 4.69) is 13.8 Å². The third-order valence-electron chi connectivity index (χ3n) is 4.70. The van der Waals surface area contributed by atoms with Crippen molar-refractivity contribution in [2.45, 2.75) is 65.6 Å². The predicted octanol–water partition coefficient (Wildman–Crippen LogP) is 5.38. The minimum absolute atomic E-state index is 0.414. The fourth-order valence-electron chi connectivity index (χ4n) is 2.86. The molecule has 0 aliphatic carbocycles. The van der Waals surface area contributed by atoms with Crippen LogP contribution in [-0.2, 0) is 22.3 Å². The van der Waals surface area contributed by atoms with Gasteiger partial charge in [-0.2, -0.15) is 0 Å². The minimum Gasteiger partial charge on any atom is -0.455 e. The van der Waals surface area contributed by atoms with E-state index in [-0.39, 0.29) is 0 Å². The summed E-state index contributed by atoms with van der Waals surface area (Å²) in [5, 5.41) is 0. The Balaban J connectivity index is 1.89. The Hall–Kier alpha value is -2.62. The highest BCUT2D eigenvalue weighted by molar-refractivity contribution is 5.90. The molecule has 0 aromatic heterocycles. The van der Waals surface area contributed by atoms with Crippen LogP contribution in [0.3, 0.4) is 0 Å². The molecule has 0 heterocycles. The van der Waals surface area contributed by atoms with Crippen LogP contribution in [0.1, 0.15) is 72.4 Å². The van der Waals surface area contributed by atoms with Gasteiger partial charge >= 0.3 is 11.9 Å². The molecular weight excluding hydrogens is 352 g/mol. The van der Waals surface area contributed by atoms with Gasteiger partial charge in [0.2, 0.25) is 0 Å². The van der Waals surface area contributed by atoms with Crippen molar-refractivity contribution < 1.29 is 19.1 Å². The summed E-state index contributed by atoms with van der Waals surface area (Å²) in [4.78, 5) is 24.6. The molecule has 0 radical (unpaired) electrons. The summed E-state index contributed by atoms with van der Waals surface area (Å²) in [6.45, 7) is 7.69. The van der Waals surface area contributed by atoms with Crippen molar-refractivity contribution in [2.75, 3.05) is 0 Å². The molecule has 2 rings (SSSR count). The van der Waals surface area contributed by atoms with Gasteiger partial charge in [-0.15, -0.1) is 0 Å². The van der Waals surface area contributed by atoms with Gasteiger partial charge in [-0.25, -0.2) is 9.59 Å². The largest absolute Gasteiger partial charge is 0.455 e. The lowest BCUT2D eigenvalue weighted by Crippen LogP contribution is -2.30. The van der Waals surface area contributed by atoms with Gasteiger partial charge in [0.05, 0.1) is 11.1 Å². The molecule has 0 spiro atoms. The van der Waals surface area contributed by atoms with Crippen LogP contribution < -0.4 is 0 Å². The van der Waals surface area contributed by atoms with E-state index in [1.165, 1.54) is 11.1 Å². The van der Waals surface area contributed by atoms with Gasteiger partial charge in [0.25, 0.3) is 0 Å². The number of aryl methyl sites for hydroxylation is 2. The first-order valence-corrected chi connectivity index (χ1v) is 10.0. The number of carbonyl (C=O) groups excluding carboxylic acids is 2. The number of ether oxygens (including phenoxy) is 2. The molecule has 2 unspecified atom stereocenters. The summed E-state index contributed by atoms with van der Waals surface area (Å²) in [5.74, 6) is -0.829. The molecule has 0 fully saturated rings. The van der Waals surface area contributed by atoms with Crippen LogP contribution in [0.15, 0.2) is 48.5 Å². The lowest BCUT2D eigenvalue weighted by Gasteiger charge is -2.21. The zero-order chi connectivity index (χ0) is 20.5. The summed E-state index contributed by atoms with van der Waals surface area (Å²) in [6, 6.07) is 14.9. The molecule has 2 aromatic rings. The van der Waals surface area contributed by atoms with Crippen molar-refractivity contribution in [3.05, 3.63) is 70.8 Å². The molecule has 4 heteroatoms. The second kappa shape index (κ2) is 10.6. The van der Waals surface area contributed by atoms with Gasteiger partial charge in [0.15, 0.2) is 0 Å². The molecule has 28 heavy (non-hydrogen) atoms. The highest BCUT2D eigenvalue weighted by atomic mass is 16.6. The maximum Gasteiger partial charge on any atom is 0.338 e. The molecule has 0 saturated carbocycles. The molecule has 0 bridgehead atoms. The average Bonchev–Trinajstić information content (AvgIpc) is 2.69. The monoisotopic (exact) mass is 382 g/mol. The third kappa shape index (κ3) is 6.22. The normalized spacial score (nSPS) is 12.9. The zero-order valence-corrected chi connectivity index (χ0v) is 17.2. The van der Waals surface area contributed by atoms with Crippen molar-refractivity contribution in [2.24, 2.45) is 0 Å². The number of hydrogen-bond acceptors (Lipinski definition) is 4. The van der Waals surface area contributed by atoms with E-state index in [0.29, 0.717) is 11.1 Å².